The largest absolute Gasteiger partial charge is 0.381 e. The molecule has 0 fully saturated rings. The molecule has 0 rings (SSSR count). The van der Waals surface area contributed by atoms with Crippen LogP contribution in [0.3, 0.4) is 0 Å². The van der Waals surface area contributed by atoms with E-state index in [1.54, 1.807) is 0 Å². The maximum atomic E-state index is 11.0. The third-order valence-corrected chi connectivity index (χ3v) is 5.19. The van der Waals surface area contributed by atoms with Crippen molar-refractivity contribution in [2.75, 3.05) is 13.2 Å². The molecule has 121 valence electrons. The number of rotatable bonds is 10. The molecule has 0 aromatic carbocycles. The molecule has 0 saturated carbocycles. The molecule has 0 spiro atoms. The van der Waals surface area contributed by atoms with Crippen molar-refractivity contribution in [3.05, 3.63) is 0 Å². The first kappa shape index (κ1) is 24.2. The molecule has 0 bridgehead atoms. The van der Waals surface area contributed by atoms with Crippen molar-refractivity contribution in [2.45, 2.75) is 36.2 Å². The van der Waals surface area contributed by atoms with E-state index in [-0.39, 0.29) is 68.5 Å². The summed E-state index contributed by atoms with van der Waals surface area (Å²) in [4.78, 5) is 0. The van der Waals surface area contributed by atoms with Crippen LogP contribution in [0.1, 0.15) is 25.7 Å². The molecular formula is C12H18NaO7S2. The van der Waals surface area contributed by atoms with Gasteiger partial charge in [0, 0.05) is 55.6 Å². The average Bonchev–Trinajstić information content (AvgIpc) is 2.33. The summed E-state index contributed by atoms with van der Waals surface area (Å²) in [5.74, 6) is 4.28. The molecule has 0 aromatic rings. The summed E-state index contributed by atoms with van der Waals surface area (Å²) >= 11 is 0. The van der Waals surface area contributed by atoms with Gasteiger partial charge in [0.25, 0.3) is 20.2 Å². The van der Waals surface area contributed by atoms with Gasteiger partial charge in [0.1, 0.15) is 0 Å². The summed E-state index contributed by atoms with van der Waals surface area (Å²) in [6.07, 6.45) is 9.67. The fourth-order valence-electron chi connectivity index (χ4n) is 1.51. The zero-order valence-corrected chi connectivity index (χ0v) is 15.9. The molecule has 0 heterocycles. The van der Waals surface area contributed by atoms with Crippen molar-refractivity contribution in [3.8, 4) is 24.7 Å². The molecule has 1 radical (unpaired) electrons. The Balaban J connectivity index is 0. The summed E-state index contributed by atoms with van der Waals surface area (Å²) in [6.45, 7) is -0.0548. The zero-order chi connectivity index (χ0) is 16.5. The molecule has 0 saturated heterocycles. The van der Waals surface area contributed by atoms with E-state index in [0.717, 1.165) is 0 Å². The fraction of sp³-hybridized carbons (Fsp3) is 0.667. The number of terminal acetylenes is 2. The van der Waals surface area contributed by atoms with Crippen molar-refractivity contribution in [1.29, 1.82) is 0 Å². The van der Waals surface area contributed by atoms with Crippen molar-refractivity contribution < 1.29 is 30.7 Å². The van der Waals surface area contributed by atoms with Crippen LogP contribution in [0.4, 0.5) is 0 Å². The Morgan fingerprint density at radius 1 is 0.864 bits per heavy atom. The van der Waals surface area contributed by atoms with Gasteiger partial charge in [-0.05, 0) is 12.8 Å². The summed E-state index contributed by atoms with van der Waals surface area (Å²) in [6, 6.07) is 0. The third kappa shape index (κ3) is 10.6. The first-order chi connectivity index (χ1) is 9.62. The Labute approximate surface area is 154 Å². The van der Waals surface area contributed by atoms with Gasteiger partial charge in [-0.1, -0.05) is 0 Å². The van der Waals surface area contributed by atoms with Gasteiger partial charge in [-0.25, -0.2) is 0 Å². The van der Waals surface area contributed by atoms with Crippen LogP contribution in [-0.4, -0.2) is 79.2 Å². The first-order valence-corrected chi connectivity index (χ1v) is 9.00. The third-order valence-electron chi connectivity index (χ3n) is 2.70. The minimum atomic E-state index is -4.25. The Hall–Kier alpha value is -0.100. The first-order valence-electron chi connectivity index (χ1n) is 6.00. The fourth-order valence-corrected chi connectivity index (χ4v) is 2.91. The van der Waals surface area contributed by atoms with Crippen LogP contribution in [-0.2, 0) is 25.0 Å². The summed E-state index contributed by atoms with van der Waals surface area (Å²) in [5.41, 5.74) is 0. The van der Waals surface area contributed by atoms with Gasteiger partial charge in [0.2, 0.25) is 0 Å². The van der Waals surface area contributed by atoms with Gasteiger partial charge in [-0.3, -0.25) is 9.11 Å². The summed E-state index contributed by atoms with van der Waals surface area (Å²) in [7, 11) is -8.49. The Kier molecular flexibility index (Phi) is 12.6. The predicted molar refractivity (Wildman–Crippen MR) is 83.4 cm³/mol. The molecular weight excluding hydrogens is 343 g/mol. The van der Waals surface area contributed by atoms with E-state index in [4.69, 9.17) is 26.7 Å². The Bertz CT molecular complexity index is 544. The van der Waals surface area contributed by atoms with Crippen LogP contribution in [0.2, 0.25) is 0 Å². The molecule has 22 heavy (non-hydrogen) atoms. The maximum absolute atomic E-state index is 11.0. The van der Waals surface area contributed by atoms with Gasteiger partial charge < -0.3 is 4.74 Å². The van der Waals surface area contributed by atoms with E-state index in [2.05, 4.69) is 11.8 Å². The molecule has 10 heteroatoms. The monoisotopic (exact) mass is 361 g/mol. The Morgan fingerprint density at radius 2 is 1.18 bits per heavy atom. The van der Waals surface area contributed by atoms with E-state index in [9.17, 15) is 16.8 Å². The van der Waals surface area contributed by atoms with Crippen LogP contribution in [0.5, 0.6) is 0 Å². The summed E-state index contributed by atoms with van der Waals surface area (Å²) in [5, 5.41) is -2.24. The molecule has 0 aliphatic carbocycles. The van der Waals surface area contributed by atoms with Crippen molar-refractivity contribution in [1.82, 2.24) is 0 Å². The zero-order valence-electron chi connectivity index (χ0n) is 12.3. The van der Waals surface area contributed by atoms with Crippen molar-refractivity contribution in [2.24, 2.45) is 0 Å². The second-order valence-electron chi connectivity index (χ2n) is 4.28. The standard InChI is InChI=1S/C12H18O7S2.Na/c1-3-5-11(20(13,14)15)7-9-19-10-8-12(6-4-2)21(16,17)18;/h1-2,11-12H,5-10H2,(H,13,14,15)(H,16,17,18);. The second kappa shape index (κ2) is 11.4. The topological polar surface area (TPSA) is 118 Å². The van der Waals surface area contributed by atoms with Crippen LogP contribution in [0.15, 0.2) is 0 Å². The van der Waals surface area contributed by atoms with Gasteiger partial charge in [-0.2, -0.15) is 16.8 Å². The SMILES string of the molecule is C#CCC(CCOCCC(CC#C)S(=O)(=O)O)S(=O)(=O)O.[Na]. The molecule has 0 amide bonds. The van der Waals surface area contributed by atoms with E-state index in [0.29, 0.717) is 0 Å². The molecule has 0 aromatic heterocycles. The van der Waals surface area contributed by atoms with Crippen LogP contribution >= 0.6 is 0 Å². The van der Waals surface area contributed by atoms with E-state index in [1.807, 2.05) is 0 Å². The number of hydrogen-bond donors (Lipinski definition) is 2. The molecule has 7 nitrogen and oxygen atoms in total. The molecule has 2 atom stereocenters. The molecule has 0 aliphatic heterocycles. The van der Waals surface area contributed by atoms with Crippen LogP contribution in [0.25, 0.3) is 0 Å². The smallest absolute Gasteiger partial charge is 0.268 e. The Morgan fingerprint density at radius 3 is 1.41 bits per heavy atom. The van der Waals surface area contributed by atoms with Gasteiger partial charge in [0.05, 0.1) is 10.5 Å². The minimum absolute atomic E-state index is 0. The number of ether oxygens (including phenoxy) is 1. The average molecular weight is 361 g/mol. The quantitative estimate of drug-likeness (QED) is 0.243. The normalized spacial score (nSPS) is 14.2. The van der Waals surface area contributed by atoms with E-state index in [1.165, 1.54) is 0 Å². The minimum Gasteiger partial charge on any atom is -0.381 e. The summed E-state index contributed by atoms with van der Waals surface area (Å²) < 4.78 is 66.8. The van der Waals surface area contributed by atoms with Crippen LogP contribution < -0.4 is 0 Å². The van der Waals surface area contributed by atoms with Crippen molar-refractivity contribution in [3.63, 3.8) is 0 Å². The van der Waals surface area contributed by atoms with Gasteiger partial charge >= 0.3 is 0 Å². The van der Waals surface area contributed by atoms with Gasteiger partial charge in [0.15, 0.2) is 0 Å². The second-order valence-corrected chi connectivity index (χ2v) is 7.67. The maximum Gasteiger partial charge on any atom is 0.268 e. The van der Waals surface area contributed by atoms with Crippen LogP contribution in [0, 0.1) is 24.7 Å². The van der Waals surface area contributed by atoms with Crippen molar-refractivity contribution >= 4 is 49.8 Å². The molecule has 2 N–H and O–H groups in total. The number of hydrogen-bond acceptors (Lipinski definition) is 5. The molecule has 2 unspecified atom stereocenters. The van der Waals surface area contributed by atoms with E-state index < -0.39 is 30.7 Å². The molecule has 0 aliphatic rings. The van der Waals surface area contributed by atoms with Gasteiger partial charge in [-0.15, -0.1) is 24.7 Å². The predicted octanol–water partition coefficient (Wildman–Crippen LogP) is -0.0382. The van der Waals surface area contributed by atoms with E-state index >= 15 is 0 Å².